The van der Waals surface area contributed by atoms with Crippen LogP contribution in [0.15, 0.2) is 30.3 Å². The van der Waals surface area contributed by atoms with Crippen LogP contribution in [-0.4, -0.2) is 42.1 Å². The summed E-state index contributed by atoms with van der Waals surface area (Å²) in [4.78, 5) is 13.4. The number of carbonyl (C=O) groups is 1. The molecule has 1 atom stereocenters. The van der Waals surface area contributed by atoms with Crippen LogP contribution in [0.5, 0.6) is 0 Å². The van der Waals surface area contributed by atoms with Crippen molar-refractivity contribution in [2.75, 3.05) is 26.1 Å². The molecule has 1 aliphatic rings. The van der Waals surface area contributed by atoms with Crippen LogP contribution in [-0.2, 0) is 15.1 Å². The zero-order valence-corrected chi connectivity index (χ0v) is 15.4. The lowest BCUT2D eigenvalue weighted by atomic mass is 9.73. The third-order valence-corrected chi connectivity index (χ3v) is 4.70. The smallest absolute Gasteiger partial charge is 0.344 e. The van der Waals surface area contributed by atoms with Gasteiger partial charge in [-0.25, -0.2) is 4.79 Å². The molecule has 1 aromatic carbocycles. The molecule has 4 nitrogen and oxygen atoms in total. The van der Waals surface area contributed by atoms with Crippen molar-refractivity contribution >= 4 is 5.97 Å². The first kappa shape index (κ1) is 13.4. The number of aliphatic hydroxyl groups is 1. The molecule has 0 radical (unpaired) electrons. The lowest BCUT2D eigenvalue weighted by Gasteiger charge is -2.36. The molecule has 2 rings (SSSR count). The van der Waals surface area contributed by atoms with Gasteiger partial charge < -0.3 is 9.84 Å². The molecular formula is C22H31NO3. The van der Waals surface area contributed by atoms with Gasteiger partial charge in [-0.2, -0.15) is 0 Å². The molecule has 1 aromatic rings. The van der Waals surface area contributed by atoms with E-state index in [1.807, 2.05) is 0 Å². The number of rotatable bonds is 7. The van der Waals surface area contributed by atoms with Crippen LogP contribution < -0.4 is 0 Å². The second-order valence-corrected chi connectivity index (χ2v) is 6.24. The maximum absolute atomic E-state index is 13.0. The largest absolute Gasteiger partial charge is 0.450 e. The molecule has 1 N–H and O–H groups in total. The lowest BCUT2D eigenvalue weighted by Crippen LogP contribution is -2.45. The highest BCUT2D eigenvalue weighted by atomic mass is 16.5. The predicted molar refractivity (Wildman–Crippen MR) is 103 cm³/mol. The van der Waals surface area contributed by atoms with Crippen molar-refractivity contribution in [3.05, 3.63) is 35.9 Å². The van der Waals surface area contributed by atoms with E-state index in [9.17, 15) is 9.90 Å². The Hall–Kier alpha value is -1.83. The maximum atomic E-state index is 13.0. The molecule has 1 saturated carbocycles. The molecule has 0 bridgehead atoms. The second kappa shape index (κ2) is 10.4. The molecule has 0 aromatic heterocycles. The Kier molecular flexibility index (Phi) is 5.32. The number of hydrogen-bond donors (Lipinski definition) is 1. The SMILES string of the molecule is [2H]C([2H])(C)N(C([2H])([2H])C)C([2H])([2H])C#CCOC(=O)[C@](O)(c1ccccc1)C1CCCCC1. The molecule has 4 heteroatoms. The zero-order valence-electron chi connectivity index (χ0n) is 21.4. The van der Waals surface area contributed by atoms with Gasteiger partial charge in [-0.05, 0) is 31.4 Å². The van der Waals surface area contributed by atoms with Gasteiger partial charge in [0.05, 0.1) is 9.24 Å². The number of benzene rings is 1. The van der Waals surface area contributed by atoms with Crippen LogP contribution in [0.1, 0.15) is 59.7 Å². The van der Waals surface area contributed by atoms with E-state index in [-0.39, 0.29) is 5.92 Å². The number of ether oxygens (including phenoxy) is 1. The minimum absolute atomic E-state index is 0.305. The molecule has 0 unspecified atom stereocenters. The summed E-state index contributed by atoms with van der Waals surface area (Å²) in [5, 5.41) is 11.4. The van der Waals surface area contributed by atoms with Crippen LogP contribution in [0, 0.1) is 17.8 Å². The van der Waals surface area contributed by atoms with Gasteiger partial charge in [-0.3, -0.25) is 4.90 Å². The monoisotopic (exact) mass is 363 g/mol. The van der Waals surface area contributed by atoms with Crippen LogP contribution in [0.3, 0.4) is 0 Å². The average Bonchev–Trinajstić information content (AvgIpc) is 2.69. The minimum atomic E-state index is -2.66. The summed E-state index contributed by atoms with van der Waals surface area (Å²) in [6, 6.07) is 8.59. The molecule has 0 amide bonds. The van der Waals surface area contributed by atoms with Crippen molar-refractivity contribution in [1.82, 2.24) is 4.90 Å². The summed E-state index contributed by atoms with van der Waals surface area (Å²) >= 11 is 0. The van der Waals surface area contributed by atoms with Crippen LogP contribution in [0.4, 0.5) is 0 Å². The highest BCUT2D eigenvalue weighted by molar-refractivity contribution is 5.81. The van der Waals surface area contributed by atoms with E-state index in [4.69, 9.17) is 13.0 Å². The topological polar surface area (TPSA) is 49.8 Å². The lowest BCUT2D eigenvalue weighted by molar-refractivity contribution is -0.174. The summed E-state index contributed by atoms with van der Waals surface area (Å²) in [6.45, 7) is -5.77. The number of carbonyl (C=O) groups excluding carboxylic acids is 1. The Morgan fingerprint density at radius 2 is 1.88 bits per heavy atom. The van der Waals surface area contributed by atoms with Crippen molar-refractivity contribution in [3.8, 4) is 11.8 Å². The summed E-state index contributed by atoms with van der Waals surface area (Å²) < 4.78 is 52.4. The highest BCUT2D eigenvalue weighted by Gasteiger charge is 2.46. The van der Waals surface area contributed by atoms with Crippen LogP contribution in [0.2, 0.25) is 0 Å². The highest BCUT2D eigenvalue weighted by Crippen LogP contribution is 2.40. The van der Waals surface area contributed by atoms with Gasteiger partial charge in [0, 0.05) is 11.4 Å². The van der Waals surface area contributed by atoms with Gasteiger partial charge in [0.1, 0.15) is 0 Å². The number of hydrogen-bond acceptors (Lipinski definition) is 4. The first-order chi connectivity index (χ1) is 14.7. The van der Waals surface area contributed by atoms with Crippen molar-refractivity contribution < 1.29 is 22.9 Å². The van der Waals surface area contributed by atoms with Crippen LogP contribution in [0.25, 0.3) is 0 Å². The predicted octanol–water partition coefficient (Wildman–Crippen LogP) is 3.34. The van der Waals surface area contributed by atoms with Crippen molar-refractivity contribution in [1.29, 1.82) is 0 Å². The molecule has 0 aliphatic heterocycles. The van der Waals surface area contributed by atoms with E-state index < -0.39 is 37.7 Å². The van der Waals surface area contributed by atoms with Gasteiger partial charge in [0.2, 0.25) is 0 Å². The van der Waals surface area contributed by atoms with Crippen LogP contribution >= 0.6 is 0 Å². The molecule has 26 heavy (non-hydrogen) atoms. The minimum Gasteiger partial charge on any atom is -0.450 e. The third-order valence-electron chi connectivity index (χ3n) is 4.70. The summed E-state index contributed by atoms with van der Waals surface area (Å²) in [5.41, 5.74) is -1.40. The summed E-state index contributed by atoms with van der Waals surface area (Å²) in [6.07, 6.45) is 4.22. The fraction of sp³-hybridized carbons (Fsp3) is 0.591. The fourth-order valence-electron chi connectivity index (χ4n) is 3.30. The van der Waals surface area contributed by atoms with Gasteiger partial charge in [-0.1, -0.05) is 75.3 Å². The Morgan fingerprint density at radius 3 is 2.50 bits per heavy atom. The Labute approximate surface area is 166 Å². The molecule has 0 saturated heterocycles. The first-order valence-electron chi connectivity index (χ1n) is 12.0. The first-order valence-corrected chi connectivity index (χ1v) is 8.96. The number of esters is 1. The van der Waals surface area contributed by atoms with E-state index in [1.165, 1.54) is 0 Å². The standard InChI is InChI=1S/C22H31NO3/c1-3-23(4-2)17-11-12-18-26-21(24)22(25,19-13-7-5-8-14-19)20-15-9-6-10-16-20/h5,7-8,13-14,20,25H,3-4,6,9-10,15-18H2,1-2H3/t22-/m0/s1/i3D2,4D2,17D2. The maximum Gasteiger partial charge on any atom is 0.344 e. The van der Waals surface area contributed by atoms with E-state index in [0.29, 0.717) is 23.3 Å². The molecule has 0 heterocycles. The van der Waals surface area contributed by atoms with Gasteiger partial charge in [0.25, 0.3) is 0 Å². The molecule has 142 valence electrons. The van der Waals surface area contributed by atoms with Crippen molar-refractivity contribution in [2.45, 2.75) is 51.6 Å². The molecule has 0 spiro atoms. The summed E-state index contributed by atoms with van der Waals surface area (Å²) in [5.74, 6) is 3.36. The normalized spacial score (nSPS) is 22.3. The molecule has 1 fully saturated rings. The number of nitrogens with zero attached hydrogens (tertiary/aromatic N) is 1. The van der Waals surface area contributed by atoms with E-state index in [0.717, 1.165) is 33.1 Å². The molecule has 1 aliphatic carbocycles. The zero-order chi connectivity index (χ0) is 24.2. The molecular weight excluding hydrogens is 326 g/mol. The fourth-order valence-corrected chi connectivity index (χ4v) is 3.30. The quantitative estimate of drug-likeness (QED) is 0.596. The Bertz CT molecular complexity index is 821. The second-order valence-electron chi connectivity index (χ2n) is 6.24. The van der Waals surface area contributed by atoms with Gasteiger partial charge in [0.15, 0.2) is 12.2 Å². The van der Waals surface area contributed by atoms with Crippen molar-refractivity contribution in [3.63, 3.8) is 0 Å². The van der Waals surface area contributed by atoms with Crippen molar-refractivity contribution in [2.24, 2.45) is 5.92 Å². The van der Waals surface area contributed by atoms with Gasteiger partial charge >= 0.3 is 5.97 Å². The van der Waals surface area contributed by atoms with E-state index in [2.05, 4.69) is 11.8 Å². The van der Waals surface area contributed by atoms with E-state index >= 15 is 0 Å². The third kappa shape index (κ3) is 5.09. The van der Waals surface area contributed by atoms with E-state index in [1.54, 1.807) is 30.3 Å². The average molecular weight is 364 g/mol. The van der Waals surface area contributed by atoms with Gasteiger partial charge in [-0.15, -0.1) is 0 Å². The summed E-state index contributed by atoms with van der Waals surface area (Å²) in [7, 11) is 0. The Morgan fingerprint density at radius 1 is 1.23 bits per heavy atom. The Balaban J connectivity index is 2.20.